The van der Waals surface area contributed by atoms with E-state index in [1.807, 2.05) is 6.07 Å². The number of hydrogen-bond acceptors (Lipinski definition) is 2. The zero-order chi connectivity index (χ0) is 13.0. The Hall–Kier alpha value is -1.77. The lowest BCUT2D eigenvalue weighted by Crippen LogP contribution is -2.23. The maximum absolute atomic E-state index is 3.99. The summed E-state index contributed by atoms with van der Waals surface area (Å²) in [5.74, 6) is 0.667. The van der Waals surface area contributed by atoms with Gasteiger partial charge in [-0.15, -0.1) is 0 Å². The fraction of sp³-hybridized carbons (Fsp3) is 0.400. The van der Waals surface area contributed by atoms with Gasteiger partial charge in [0.05, 0.1) is 5.69 Å². The van der Waals surface area contributed by atoms with Crippen molar-refractivity contribution in [2.75, 3.05) is 5.32 Å². The zero-order valence-corrected chi connectivity index (χ0v) is 11.3. The summed E-state index contributed by atoms with van der Waals surface area (Å²) in [6, 6.07) is 10.9. The second kappa shape index (κ2) is 5.71. The molecule has 0 aliphatic carbocycles. The van der Waals surface area contributed by atoms with Crippen LogP contribution in [0.2, 0.25) is 0 Å². The first-order valence-electron chi connectivity index (χ1n) is 6.57. The van der Waals surface area contributed by atoms with Gasteiger partial charge in [-0.05, 0) is 31.0 Å². The van der Waals surface area contributed by atoms with E-state index in [0.717, 1.165) is 16.9 Å². The zero-order valence-electron chi connectivity index (χ0n) is 11.3. The van der Waals surface area contributed by atoms with Crippen molar-refractivity contribution >= 4 is 5.69 Å². The molecule has 3 nitrogen and oxygen atoms in total. The molecule has 18 heavy (non-hydrogen) atoms. The quantitative estimate of drug-likeness (QED) is 0.835. The second-order valence-electron chi connectivity index (χ2n) is 4.87. The highest BCUT2D eigenvalue weighted by molar-refractivity contribution is 5.64. The summed E-state index contributed by atoms with van der Waals surface area (Å²) in [7, 11) is 0. The normalized spacial score (nSPS) is 14.2. The number of benzene rings is 1. The van der Waals surface area contributed by atoms with E-state index in [2.05, 4.69) is 60.6 Å². The Kier molecular flexibility index (Phi) is 4.03. The summed E-state index contributed by atoms with van der Waals surface area (Å²) in [6.07, 6.45) is 2.96. The van der Waals surface area contributed by atoms with Crippen molar-refractivity contribution in [3.05, 3.63) is 36.5 Å². The van der Waals surface area contributed by atoms with Crippen molar-refractivity contribution in [3.63, 3.8) is 0 Å². The van der Waals surface area contributed by atoms with E-state index in [9.17, 15) is 0 Å². The Balaban J connectivity index is 2.13. The van der Waals surface area contributed by atoms with Gasteiger partial charge in [0.15, 0.2) is 0 Å². The molecule has 1 heterocycles. The Bertz CT molecular complexity index is 476. The van der Waals surface area contributed by atoms with E-state index in [1.165, 1.54) is 6.42 Å². The highest BCUT2D eigenvalue weighted by atomic mass is 15.1. The maximum Gasteiger partial charge on any atom is 0.0650 e. The average molecular weight is 243 g/mol. The molecule has 0 bridgehead atoms. The molecule has 0 aliphatic heterocycles. The van der Waals surface area contributed by atoms with E-state index in [4.69, 9.17) is 0 Å². The summed E-state index contributed by atoms with van der Waals surface area (Å²) in [5.41, 5.74) is 3.37. The molecule has 0 saturated heterocycles. The number of nitrogens with zero attached hydrogens (tertiary/aromatic N) is 1. The van der Waals surface area contributed by atoms with Gasteiger partial charge in [0.1, 0.15) is 0 Å². The van der Waals surface area contributed by atoms with Gasteiger partial charge in [-0.3, -0.25) is 5.10 Å². The lowest BCUT2D eigenvalue weighted by Gasteiger charge is -2.21. The van der Waals surface area contributed by atoms with Crippen LogP contribution in [0, 0.1) is 5.92 Å². The molecule has 2 aromatic rings. The van der Waals surface area contributed by atoms with Gasteiger partial charge in [-0.1, -0.05) is 32.4 Å². The highest BCUT2D eigenvalue weighted by Gasteiger charge is 2.10. The first kappa shape index (κ1) is 12.7. The van der Waals surface area contributed by atoms with Crippen LogP contribution >= 0.6 is 0 Å². The molecule has 96 valence electrons. The average Bonchev–Trinajstić information content (AvgIpc) is 2.92. The predicted octanol–water partition coefficient (Wildman–Crippen LogP) is 3.92. The molecule has 0 radical (unpaired) electrons. The summed E-state index contributed by atoms with van der Waals surface area (Å²) in [5, 5.41) is 10.5. The van der Waals surface area contributed by atoms with Gasteiger partial charge in [0.25, 0.3) is 0 Å². The van der Waals surface area contributed by atoms with Gasteiger partial charge in [0.2, 0.25) is 0 Å². The molecule has 2 atom stereocenters. The van der Waals surface area contributed by atoms with Gasteiger partial charge >= 0.3 is 0 Å². The lowest BCUT2D eigenvalue weighted by atomic mass is 10.0. The van der Waals surface area contributed by atoms with Gasteiger partial charge in [-0.25, -0.2) is 0 Å². The number of hydrogen-bond donors (Lipinski definition) is 2. The van der Waals surface area contributed by atoms with Crippen LogP contribution in [0.15, 0.2) is 36.5 Å². The molecule has 0 aliphatic rings. The number of anilines is 1. The van der Waals surface area contributed by atoms with E-state index in [-0.39, 0.29) is 0 Å². The van der Waals surface area contributed by atoms with Gasteiger partial charge < -0.3 is 5.32 Å². The number of aromatic nitrogens is 2. The fourth-order valence-electron chi connectivity index (χ4n) is 1.95. The van der Waals surface area contributed by atoms with E-state index < -0.39 is 0 Å². The van der Waals surface area contributed by atoms with Crippen LogP contribution in [0.4, 0.5) is 5.69 Å². The molecule has 2 rings (SSSR count). The molecule has 0 fully saturated rings. The highest BCUT2D eigenvalue weighted by Crippen LogP contribution is 2.22. The smallest absolute Gasteiger partial charge is 0.0650 e. The topological polar surface area (TPSA) is 40.7 Å². The SMILES string of the molecule is CCC(C)C(C)Nc1cccc(-c2ccn[nH]2)c1. The van der Waals surface area contributed by atoms with Crippen LogP contribution in [-0.4, -0.2) is 16.2 Å². The molecule has 1 aromatic carbocycles. The van der Waals surface area contributed by atoms with Gasteiger partial charge in [-0.2, -0.15) is 5.10 Å². The van der Waals surface area contributed by atoms with Crippen LogP contribution in [0.3, 0.4) is 0 Å². The standard InChI is InChI=1S/C15H21N3/c1-4-11(2)12(3)17-14-7-5-6-13(10-14)15-8-9-16-18-15/h5-12,17H,4H2,1-3H3,(H,16,18). The second-order valence-corrected chi connectivity index (χ2v) is 4.87. The van der Waals surface area contributed by atoms with Crippen molar-refractivity contribution in [2.24, 2.45) is 5.92 Å². The Morgan fingerprint density at radius 3 is 2.78 bits per heavy atom. The molecule has 3 heteroatoms. The summed E-state index contributed by atoms with van der Waals surface area (Å²) in [4.78, 5) is 0. The van der Waals surface area contributed by atoms with Crippen molar-refractivity contribution in [2.45, 2.75) is 33.2 Å². The number of rotatable bonds is 5. The van der Waals surface area contributed by atoms with Crippen LogP contribution < -0.4 is 5.32 Å². The molecule has 0 saturated carbocycles. The minimum absolute atomic E-state index is 0.479. The minimum Gasteiger partial charge on any atom is -0.382 e. The third kappa shape index (κ3) is 2.92. The summed E-state index contributed by atoms with van der Waals surface area (Å²) >= 11 is 0. The molecular weight excluding hydrogens is 222 g/mol. The Labute approximate surface area is 109 Å². The van der Waals surface area contributed by atoms with Crippen LogP contribution in [0.25, 0.3) is 11.3 Å². The van der Waals surface area contributed by atoms with Crippen LogP contribution in [0.5, 0.6) is 0 Å². The third-order valence-electron chi connectivity index (χ3n) is 3.57. The van der Waals surface area contributed by atoms with E-state index in [0.29, 0.717) is 12.0 Å². The van der Waals surface area contributed by atoms with E-state index >= 15 is 0 Å². The van der Waals surface area contributed by atoms with E-state index in [1.54, 1.807) is 6.20 Å². The Morgan fingerprint density at radius 1 is 1.28 bits per heavy atom. The molecule has 2 unspecified atom stereocenters. The maximum atomic E-state index is 3.99. The monoisotopic (exact) mass is 243 g/mol. The van der Waals surface area contributed by atoms with Crippen molar-refractivity contribution in [1.82, 2.24) is 10.2 Å². The third-order valence-corrected chi connectivity index (χ3v) is 3.57. The van der Waals surface area contributed by atoms with Crippen molar-refractivity contribution in [3.8, 4) is 11.3 Å². The molecule has 1 aromatic heterocycles. The van der Waals surface area contributed by atoms with Crippen LogP contribution in [0.1, 0.15) is 27.2 Å². The van der Waals surface area contributed by atoms with Crippen LogP contribution in [-0.2, 0) is 0 Å². The largest absolute Gasteiger partial charge is 0.382 e. The van der Waals surface area contributed by atoms with Crippen molar-refractivity contribution in [1.29, 1.82) is 0 Å². The number of aromatic amines is 1. The first-order chi connectivity index (χ1) is 8.70. The first-order valence-corrected chi connectivity index (χ1v) is 6.57. The molecular formula is C15H21N3. The van der Waals surface area contributed by atoms with Crippen molar-refractivity contribution < 1.29 is 0 Å². The molecule has 0 amide bonds. The molecule has 0 spiro atoms. The fourth-order valence-corrected chi connectivity index (χ4v) is 1.95. The minimum atomic E-state index is 0.479. The number of H-pyrrole nitrogens is 1. The van der Waals surface area contributed by atoms with Gasteiger partial charge in [0, 0.05) is 23.5 Å². The number of nitrogens with one attached hydrogen (secondary N) is 2. The lowest BCUT2D eigenvalue weighted by molar-refractivity contribution is 0.495. The predicted molar refractivity (Wildman–Crippen MR) is 76.6 cm³/mol. The summed E-state index contributed by atoms with van der Waals surface area (Å²) < 4.78 is 0. The summed E-state index contributed by atoms with van der Waals surface area (Å²) in [6.45, 7) is 6.73. The molecule has 2 N–H and O–H groups in total. The Morgan fingerprint density at radius 2 is 2.11 bits per heavy atom.